The number of hydrogen-bond donors (Lipinski definition) is 1. The fraction of sp³-hybridized carbons (Fsp3) is 0.600. The molecule has 0 bridgehead atoms. The maximum atomic E-state index is 6.04. The summed E-state index contributed by atoms with van der Waals surface area (Å²) in [6.07, 6.45) is 0.975. The second kappa shape index (κ2) is 5.29. The highest BCUT2D eigenvalue weighted by atomic mass is 16.5. The van der Waals surface area contributed by atoms with Gasteiger partial charge < -0.3 is 15.4 Å². The van der Waals surface area contributed by atoms with Crippen LogP contribution in [0.2, 0.25) is 0 Å². The molecule has 0 unspecified atom stereocenters. The molecule has 18 heavy (non-hydrogen) atoms. The minimum atomic E-state index is 0.0621. The third kappa shape index (κ3) is 2.68. The molecule has 100 valence electrons. The van der Waals surface area contributed by atoms with Crippen LogP contribution in [-0.4, -0.2) is 25.3 Å². The number of rotatable bonds is 3. The molecule has 3 heteroatoms. The summed E-state index contributed by atoms with van der Waals surface area (Å²) in [5.41, 5.74) is 8.58. The van der Waals surface area contributed by atoms with Gasteiger partial charge in [-0.2, -0.15) is 0 Å². The molecule has 2 N–H and O–H groups in total. The molecule has 0 aromatic heterocycles. The van der Waals surface area contributed by atoms with Gasteiger partial charge in [0.05, 0.1) is 18.8 Å². The monoisotopic (exact) mass is 248 g/mol. The Morgan fingerprint density at radius 3 is 2.56 bits per heavy atom. The van der Waals surface area contributed by atoms with Gasteiger partial charge in [-0.25, -0.2) is 0 Å². The van der Waals surface area contributed by atoms with Gasteiger partial charge in [-0.3, -0.25) is 0 Å². The molecular weight excluding hydrogens is 224 g/mol. The van der Waals surface area contributed by atoms with Gasteiger partial charge in [-0.1, -0.05) is 19.1 Å². The van der Waals surface area contributed by atoms with Crippen LogP contribution in [0, 0.1) is 0 Å². The lowest BCUT2D eigenvalue weighted by Gasteiger charge is -2.43. The van der Waals surface area contributed by atoms with Crippen molar-refractivity contribution in [2.75, 3.05) is 24.7 Å². The predicted molar refractivity (Wildman–Crippen MR) is 75.9 cm³/mol. The van der Waals surface area contributed by atoms with Gasteiger partial charge in [0.1, 0.15) is 0 Å². The van der Waals surface area contributed by atoms with E-state index in [2.05, 4.69) is 49.9 Å². The van der Waals surface area contributed by atoms with Crippen LogP contribution in [0.25, 0.3) is 0 Å². The first-order valence-electron chi connectivity index (χ1n) is 6.75. The summed E-state index contributed by atoms with van der Waals surface area (Å²) in [6, 6.07) is 8.80. The lowest BCUT2D eigenvalue weighted by atomic mass is 10.00. The minimum absolute atomic E-state index is 0.0621. The van der Waals surface area contributed by atoms with Gasteiger partial charge in [0.15, 0.2) is 0 Å². The summed E-state index contributed by atoms with van der Waals surface area (Å²) < 4.78 is 5.55. The Balaban J connectivity index is 2.18. The molecule has 0 amide bonds. The topological polar surface area (TPSA) is 38.5 Å². The number of hydrogen-bond acceptors (Lipinski definition) is 3. The molecular formula is C15H24N2O. The highest BCUT2D eigenvalue weighted by molar-refractivity contribution is 5.50. The number of benzene rings is 1. The summed E-state index contributed by atoms with van der Waals surface area (Å²) >= 11 is 0. The van der Waals surface area contributed by atoms with E-state index in [1.807, 2.05) is 0 Å². The van der Waals surface area contributed by atoms with Crippen molar-refractivity contribution in [3.8, 4) is 0 Å². The largest absolute Gasteiger partial charge is 0.377 e. The van der Waals surface area contributed by atoms with Crippen molar-refractivity contribution in [2.24, 2.45) is 5.73 Å². The molecule has 1 heterocycles. The van der Waals surface area contributed by atoms with Gasteiger partial charge >= 0.3 is 0 Å². The number of morpholine rings is 1. The van der Waals surface area contributed by atoms with E-state index in [4.69, 9.17) is 10.5 Å². The number of nitrogens with two attached hydrogens (primary N) is 1. The van der Waals surface area contributed by atoms with Crippen molar-refractivity contribution in [3.05, 3.63) is 29.8 Å². The Labute approximate surface area is 110 Å². The van der Waals surface area contributed by atoms with Crippen molar-refractivity contribution in [2.45, 2.75) is 38.8 Å². The standard InChI is InChI=1S/C15H24N2O/c1-4-14(16)12-5-7-13(8-6-12)17-9-10-18-11-15(17,2)3/h5-8,14H,4,9-11,16H2,1-3H3/t14-/m0/s1. The quantitative estimate of drug-likeness (QED) is 0.894. The molecule has 1 atom stereocenters. The van der Waals surface area contributed by atoms with Gasteiger partial charge in [0.2, 0.25) is 0 Å². The van der Waals surface area contributed by atoms with Crippen molar-refractivity contribution >= 4 is 5.69 Å². The average molecular weight is 248 g/mol. The van der Waals surface area contributed by atoms with E-state index in [9.17, 15) is 0 Å². The summed E-state index contributed by atoms with van der Waals surface area (Å²) in [5.74, 6) is 0. The van der Waals surface area contributed by atoms with E-state index in [0.29, 0.717) is 0 Å². The fourth-order valence-electron chi connectivity index (χ4n) is 2.47. The second-order valence-corrected chi connectivity index (χ2v) is 5.62. The Hall–Kier alpha value is -1.06. The maximum absolute atomic E-state index is 6.04. The predicted octanol–water partition coefficient (Wildman–Crippen LogP) is 2.71. The van der Waals surface area contributed by atoms with Crippen LogP contribution >= 0.6 is 0 Å². The summed E-state index contributed by atoms with van der Waals surface area (Å²) in [6.45, 7) is 9.09. The zero-order valence-corrected chi connectivity index (χ0v) is 11.6. The molecule has 3 nitrogen and oxygen atoms in total. The summed E-state index contributed by atoms with van der Waals surface area (Å²) in [7, 11) is 0. The summed E-state index contributed by atoms with van der Waals surface area (Å²) in [5, 5.41) is 0. The van der Waals surface area contributed by atoms with Crippen molar-refractivity contribution in [3.63, 3.8) is 0 Å². The third-order valence-corrected chi connectivity index (χ3v) is 3.72. The minimum Gasteiger partial charge on any atom is -0.377 e. The van der Waals surface area contributed by atoms with E-state index >= 15 is 0 Å². The SMILES string of the molecule is CC[C@H](N)c1ccc(N2CCOCC2(C)C)cc1. The molecule has 1 aromatic rings. The van der Waals surface area contributed by atoms with E-state index in [1.54, 1.807) is 0 Å². The Morgan fingerprint density at radius 2 is 2.00 bits per heavy atom. The number of ether oxygens (including phenoxy) is 1. The Bertz CT molecular complexity index is 386. The van der Waals surface area contributed by atoms with Crippen LogP contribution in [0.5, 0.6) is 0 Å². The van der Waals surface area contributed by atoms with E-state index in [-0.39, 0.29) is 11.6 Å². The Morgan fingerprint density at radius 1 is 1.33 bits per heavy atom. The molecule has 0 saturated carbocycles. The first-order valence-corrected chi connectivity index (χ1v) is 6.75. The first-order chi connectivity index (χ1) is 8.54. The van der Waals surface area contributed by atoms with Gasteiger partial charge in [-0.15, -0.1) is 0 Å². The lowest BCUT2D eigenvalue weighted by molar-refractivity contribution is 0.0644. The van der Waals surface area contributed by atoms with E-state index < -0.39 is 0 Å². The summed E-state index contributed by atoms with van der Waals surface area (Å²) in [4.78, 5) is 2.41. The molecule has 1 aromatic carbocycles. The van der Waals surface area contributed by atoms with Crippen molar-refractivity contribution in [1.29, 1.82) is 0 Å². The highest BCUT2D eigenvalue weighted by Crippen LogP contribution is 2.28. The first kappa shape index (κ1) is 13.4. The van der Waals surface area contributed by atoms with Crippen LogP contribution in [0.4, 0.5) is 5.69 Å². The zero-order valence-electron chi connectivity index (χ0n) is 11.6. The molecule has 0 radical (unpaired) electrons. The maximum Gasteiger partial charge on any atom is 0.0694 e. The number of anilines is 1. The van der Waals surface area contributed by atoms with Crippen molar-refractivity contribution < 1.29 is 4.74 Å². The van der Waals surface area contributed by atoms with Gasteiger partial charge in [0, 0.05) is 18.3 Å². The van der Waals surface area contributed by atoms with E-state index in [0.717, 1.165) is 26.2 Å². The Kier molecular flexibility index (Phi) is 3.93. The van der Waals surface area contributed by atoms with Crippen LogP contribution in [0.15, 0.2) is 24.3 Å². The van der Waals surface area contributed by atoms with Crippen molar-refractivity contribution in [1.82, 2.24) is 0 Å². The van der Waals surface area contributed by atoms with Crippen LogP contribution in [0.1, 0.15) is 38.8 Å². The lowest BCUT2D eigenvalue weighted by Crippen LogP contribution is -2.53. The molecule has 2 rings (SSSR count). The zero-order chi connectivity index (χ0) is 13.2. The van der Waals surface area contributed by atoms with E-state index in [1.165, 1.54) is 11.3 Å². The van der Waals surface area contributed by atoms with Crippen LogP contribution < -0.4 is 10.6 Å². The molecule has 0 aliphatic carbocycles. The van der Waals surface area contributed by atoms with Crippen LogP contribution in [-0.2, 0) is 4.74 Å². The second-order valence-electron chi connectivity index (χ2n) is 5.62. The average Bonchev–Trinajstić information content (AvgIpc) is 2.37. The molecule has 0 spiro atoms. The molecule has 1 aliphatic heterocycles. The molecule has 1 fully saturated rings. The normalized spacial score (nSPS) is 20.8. The number of nitrogens with zero attached hydrogens (tertiary/aromatic N) is 1. The highest BCUT2D eigenvalue weighted by Gasteiger charge is 2.30. The fourth-order valence-corrected chi connectivity index (χ4v) is 2.47. The van der Waals surface area contributed by atoms with Gasteiger partial charge in [0.25, 0.3) is 0 Å². The third-order valence-electron chi connectivity index (χ3n) is 3.72. The van der Waals surface area contributed by atoms with Crippen LogP contribution in [0.3, 0.4) is 0 Å². The molecule has 1 aliphatic rings. The smallest absolute Gasteiger partial charge is 0.0694 e. The molecule has 1 saturated heterocycles. The van der Waals surface area contributed by atoms with Gasteiger partial charge in [-0.05, 0) is 38.0 Å².